The molecule has 0 bridgehead atoms. The maximum absolute atomic E-state index is 12.5. The first-order valence-corrected chi connectivity index (χ1v) is 8.99. The highest BCUT2D eigenvalue weighted by atomic mass is 16.5. The zero-order valence-electron chi connectivity index (χ0n) is 16.2. The van der Waals surface area contributed by atoms with Gasteiger partial charge in [-0.25, -0.2) is 4.79 Å². The summed E-state index contributed by atoms with van der Waals surface area (Å²) in [6, 6.07) is 3.51. The van der Waals surface area contributed by atoms with Crippen molar-refractivity contribution in [1.29, 1.82) is 0 Å². The van der Waals surface area contributed by atoms with Crippen molar-refractivity contribution < 1.29 is 24.2 Å². The highest BCUT2D eigenvalue weighted by Crippen LogP contribution is 2.33. The molecule has 1 aliphatic heterocycles. The van der Waals surface area contributed by atoms with Gasteiger partial charge in [0.2, 0.25) is 0 Å². The maximum Gasteiger partial charge on any atom is 0.317 e. The summed E-state index contributed by atoms with van der Waals surface area (Å²) < 4.78 is 10.8. The fourth-order valence-electron chi connectivity index (χ4n) is 3.50. The van der Waals surface area contributed by atoms with Gasteiger partial charge in [-0.05, 0) is 36.5 Å². The lowest BCUT2D eigenvalue weighted by Crippen LogP contribution is -2.49. The van der Waals surface area contributed by atoms with Crippen LogP contribution in [0.1, 0.15) is 24.5 Å². The quantitative estimate of drug-likeness (QED) is 0.715. The number of amides is 2. The minimum absolute atomic E-state index is 0.158. The van der Waals surface area contributed by atoms with Crippen molar-refractivity contribution >= 4 is 12.0 Å². The number of hydrogen-bond donors (Lipinski definition) is 2. The van der Waals surface area contributed by atoms with E-state index in [0.717, 1.165) is 11.1 Å². The topological polar surface area (TPSA) is 88.1 Å². The van der Waals surface area contributed by atoms with Gasteiger partial charge >= 0.3 is 12.0 Å². The molecule has 1 heterocycles. The molecule has 7 nitrogen and oxygen atoms in total. The number of allylic oxidation sites excluding steroid dienone is 1. The standard InChI is InChI=1S/C20H28N2O5/c1-5-6-15-8-14(9-17(26-3)18(15)27-4)10-21-20(25)22-11-13(2)7-16(12-22)19(23)24/h5,8-9,13,16H,1,6-7,10-12H2,2-4H3,(H,21,25)(H,23,24). The van der Waals surface area contributed by atoms with Crippen LogP contribution >= 0.6 is 0 Å². The van der Waals surface area contributed by atoms with E-state index in [-0.39, 0.29) is 18.5 Å². The number of carbonyl (C=O) groups excluding carboxylic acids is 1. The van der Waals surface area contributed by atoms with E-state index in [1.165, 1.54) is 0 Å². The molecule has 1 aromatic rings. The van der Waals surface area contributed by atoms with Crippen molar-refractivity contribution in [3.05, 3.63) is 35.9 Å². The summed E-state index contributed by atoms with van der Waals surface area (Å²) in [5.74, 6) is 0.0409. The molecule has 7 heteroatoms. The first-order chi connectivity index (χ1) is 12.9. The summed E-state index contributed by atoms with van der Waals surface area (Å²) in [5, 5.41) is 12.1. The van der Waals surface area contributed by atoms with Gasteiger partial charge < -0.3 is 24.8 Å². The second-order valence-electron chi connectivity index (χ2n) is 6.92. The van der Waals surface area contributed by atoms with Crippen LogP contribution in [0.25, 0.3) is 0 Å². The van der Waals surface area contributed by atoms with Crippen LogP contribution in [-0.2, 0) is 17.8 Å². The zero-order chi connectivity index (χ0) is 20.0. The Bertz CT molecular complexity index is 704. The third-order valence-corrected chi connectivity index (χ3v) is 4.72. The van der Waals surface area contributed by atoms with E-state index in [1.54, 1.807) is 25.2 Å². The summed E-state index contributed by atoms with van der Waals surface area (Å²) in [5.41, 5.74) is 1.80. The number of benzene rings is 1. The number of methoxy groups -OCH3 is 2. The van der Waals surface area contributed by atoms with Gasteiger partial charge in [0.15, 0.2) is 11.5 Å². The molecule has 148 valence electrons. The number of carboxylic acids is 1. The monoisotopic (exact) mass is 376 g/mol. The summed E-state index contributed by atoms with van der Waals surface area (Å²) in [6.07, 6.45) is 2.99. The lowest BCUT2D eigenvalue weighted by molar-refractivity contribution is -0.143. The fraction of sp³-hybridized carbons (Fsp3) is 0.500. The molecular formula is C20H28N2O5. The van der Waals surface area contributed by atoms with E-state index in [4.69, 9.17) is 9.47 Å². The van der Waals surface area contributed by atoms with E-state index in [1.807, 2.05) is 19.1 Å². The molecule has 1 saturated heterocycles. The Morgan fingerprint density at radius 1 is 1.33 bits per heavy atom. The lowest BCUT2D eigenvalue weighted by atomic mass is 9.91. The van der Waals surface area contributed by atoms with Gasteiger partial charge in [0.25, 0.3) is 0 Å². The molecule has 27 heavy (non-hydrogen) atoms. The molecule has 1 aliphatic rings. The highest BCUT2D eigenvalue weighted by Gasteiger charge is 2.31. The van der Waals surface area contributed by atoms with Crippen molar-refractivity contribution in [2.45, 2.75) is 26.3 Å². The molecule has 2 unspecified atom stereocenters. The van der Waals surface area contributed by atoms with E-state index in [0.29, 0.717) is 37.4 Å². The Morgan fingerprint density at radius 3 is 2.67 bits per heavy atom. The number of rotatable bonds is 7. The van der Waals surface area contributed by atoms with Gasteiger partial charge in [-0.2, -0.15) is 0 Å². The Balaban J connectivity index is 2.09. The molecule has 0 saturated carbocycles. The minimum Gasteiger partial charge on any atom is -0.493 e. The van der Waals surface area contributed by atoms with Crippen molar-refractivity contribution in [2.24, 2.45) is 11.8 Å². The smallest absolute Gasteiger partial charge is 0.317 e. The number of nitrogens with one attached hydrogen (secondary N) is 1. The molecular weight excluding hydrogens is 348 g/mol. The number of carbonyl (C=O) groups is 2. The predicted octanol–water partition coefficient (Wildman–Crippen LogP) is 2.68. The normalized spacial score (nSPS) is 19.3. The zero-order valence-corrected chi connectivity index (χ0v) is 16.2. The summed E-state index contributed by atoms with van der Waals surface area (Å²) in [4.78, 5) is 25.4. The molecule has 2 atom stereocenters. The highest BCUT2D eigenvalue weighted by molar-refractivity contribution is 5.76. The van der Waals surface area contributed by atoms with Crippen LogP contribution in [0.2, 0.25) is 0 Å². The number of urea groups is 1. The van der Waals surface area contributed by atoms with Crippen molar-refractivity contribution in [3.8, 4) is 11.5 Å². The molecule has 0 radical (unpaired) electrons. The fourth-order valence-corrected chi connectivity index (χ4v) is 3.50. The van der Waals surface area contributed by atoms with Crippen molar-refractivity contribution in [3.63, 3.8) is 0 Å². The van der Waals surface area contributed by atoms with Gasteiger partial charge in [-0.1, -0.05) is 13.0 Å². The number of nitrogens with zero attached hydrogens (tertiary/aromatic N) is 1. The summed E-state index contributed by atoms with van der Waals surface area (Å²) in [7, 11) is 3.15. The minimum atomic E-state index is -0.853. The van der Waals surface area contributed by atoms with Gasteiger partial charge in [-0.3, -0.25) is 4.79 Å². The van der Waals surface area contributed by atoms with Gasteiger partial charge in [0.05, 0.1) is 20.1 Å². The van der Waals surface area contributed by atoms with E-state index >= 15 is 0 Å². The number of aliphatic carboxylic acids is 1. The van der Waals surface area contributed by atoms with Gasteiger partial charge in [0, 0.05) is 25.2 Å². The average molecular weight is 376 g/mol. The molecule has 2 N–H and O–H groups in total. The maximum atomic E-state index is 12.5. The van der Waals surface area contributed by atoms with Crippen LogP contribution in [0.3, 0.4) is 0 Å². The van der Waals surface area contributed by atoms with E-state index in [9.17, 15) is 14.7 Å². The largest absolute Gasteiger partial charge is 0.493 e. The number of carboxylic acid groups (broad SMARTS) is 1. The van der Waals surface area contributed by atoms with Gasteiger partial charge in [0.1, 0.15) is 0 Å². The second kappa shape index (κ2) is 9.30. The van der Waals surface area contributed by atoms with Gasteiger partial charge in [-0.15, -0.1) is 6.58 Å². The Labute approximate surface area is 159 Å². The Hall–Kier alpha value is -2.70. The second-order valence-corrected chi connectivity index (χ2v) is 6.92. The summed E-state index contributed by atoms with van der Waals surface area (Å²) in [6.45, 7) is 6.83. The first-order valence-electron chi connectivity index (χ1n) is 8.99. The van der Waals surface area contributed by atoms with Crippen LogP contribution in [0, 0.1) is 11.8 Å². The molecule has 0 aromatic heterocycles. The number of ether oxygens (including phenoxy) is 2. The third-order valence-electron chi connectivity index (χ3n) is 4.72. The SMILES string of the molecule is C=CCc1cc(CNC(=O)N2CC(C)CC(C(=O)O)C2)cc(OC)c1OC. The molecule has 1 aromatic carbocycles. The van der Waals surface area contributed by atoms with Crippen molar-refractivity contribution in [2.75, 3.05) is 27.3 Å². The summed E-state index contributed by atoms with van der Waals surface area (Å²) >= 11 is 0. The van der Waals surface area contributed by atoms with E-state index in [2.05, 4.69) is 11.9 Å². The van der Waals surface area contributed by atoms with Crippen LogP contribution in [-0.4, -0.2) is 49.3 Å². The van der Waals surface area contributed by atoms with Crippen LogP contribution in [0.4, 0.5) is 4.79 Å². The lowest BCUT2D eigenvalue weighted by Gasteiger charge is -2.34. The first kappa shape index (κ1) is 20.6. The number of piperidine rings is 1. The van der Waals surface area contributed by atoms with E-state index < -0.39 is 11.9 Å². The van der Waals surface area contributed by atoms with Crippen LogP contribution < -0.4 is 14.8 Å². The Morgan fingerprint density at radius 2 is 2.07 bits per heavy atom. The number of likely N-dealkylation sites (tertiary alicyclic amines) is 1. The molecule has 1 fully saturated rings. The molecule has 0 aliphatic carbocycles. The molecule has 2 amide bonds. The molecule has 0 spiro atoms. The average Bonchev–Trinajstić information content (AvgIpc) is 2.65. The number of hydrogen-bond acceptors (Lipinski definition) is 4. The van der Waals surface area contributed by atoms with Crippen molar-refractivity contribution in [1.82, 2.24) is 10.2 Å². The van der Waals surface area contributed by atoms with Crippen LogP contribution in [0.15, 0.2) is 24.8 Å². The predicted molar refractivity (Wildman–Crippen MR) is 102 cm³/mol. The molecule has 2 rings (SSSR count). The third kappa shape index (κ3) is 5.15. The van der Waals surface area contributed by atoms with Crippen LogP contribution in [0.5, 0.6) is 11.5 Å². The Kier molecular flexibility index (Phi) is 7.10.